The van der Waals surface area contributed by atoms with Gasteiger partial charge in [-0.05, 0) is 13.0 Å². The summed E-state index contributed by atoms with van der Waals surface area (Å²) in [4.78, 5) is 29.6. The normalized spacial score (nSPS) is 10.6. The van der Waals surface area contributed by atoms with Gasteiger partial charge >= 0.3 is 5.97 Å². The number of halogens is 2. The molecule has 2 rings (SSSR count). The Balaban J connectivity index is 2.03. The van der Waals surface area contributed by atoms with Crippen LogP contribution in [0.25, 0.3) is 0 Å². The first kappa shape index (κ1) is 14.8. The van der Waals surface area contributed by atoms with Gasteiger partial charge < -0.3 is 15.4 Å². The molecule has 2 aromatic rings. The van der Waals surface area contributed by atoms with Crippen LogP contribution in [-0.4, -0.2) is 27.0 Å². The van der Waals surface area contributed by atoms with Crippen molar-refractivity contribution in [2.24, 2.45) is 0 Å². The minimum Gasteiger partial charge on any atom is -0.477 e. The highest BCUT2D eigenvalue weighted by Gasteiger charge is 2.15. The van der Waals surface area contributed by atoms with Crippen molar-refractivity contribution in [1.29, 1.82) is 0 Å². The second-order valence-corrected chi connectivity index (χ2v) is 5.72. The highest BCUT2D eigenvalue weighted by atomic mass is 35.5. The fourth-order valence-corrected chi connectivity index (χ4v) is 2.66. The van der Waals surface area contributed by atoms with Crippen LogP contribution in [0.4, 0.5) is 0 Å². The average molecular weight is 334 g/mol. The van der Waals surface area contributed by atoms with Crippen LogP contribution in [0, 0.1) is 6.92 Å². The van der Waals surface area contributed by atoms with Gasteiger partial charge in [0.15, 0.2) is 0 Å². The third-order valence-corrected chi connectivity index (χ3v) is 4.24. The van der Waals surface area contributed by atoms with Gasteiger partial charge in [-0.1, -0.05) is 23.2 Å². The Labute approximate surface area is 127 Å². The number of hydrogen-bond acceptors (Lipinski definition) is 4. The quantitative estimate of drug-likeness (QED) is 0.801. The van der Waals surface area contributed by atoms with Crippen LogP contribution < -0.4 is 5.32 Å². The lowest BCUT2D eigenvalue weighted by atomic mass is 10.4. The molecule has 0 spiro atoms. The van der Waals surface area contributed by atoms with Gasteiger partial charge in [0.2, 0.25) is 0 Å². The lowest BCUT2D eigenvalue weighted by Crippen LogP contribution is -2.23. The Bertz CT molecular complexity index is 661. The van der Waals surface area contributed by atoms with Crippen molar-refractivity contribution < 1.29 is 14.7 Å². The lowest BCUT2D eigenvalue weighted by Gasteiger charge is -2.00. The number of thiazole rings is 1. The number of carbonyl (C=O) groups excluding carboxylic acids is 1. The summed E-state index contributed by atoms with van der Waals surface area (Å²) in [5, 5.41) is 12.5. The summed E-state index contributed by atoms with van der Waals surface area (Å²) in [6.45, 7) is 1.74. The summed E-state index contributed by atoms with van der Waals surface area (Å²) in [6.07, 6.45) is 0. The van der Waals surface area contributed by atoms with Gasteiger partial charge in [-0.2, -0.15) is 0 Å². The first-order valence-corrected chi connectivity index (χ1v) is 6.97. The molecule has 20 heavy (non-hydrogen) atoms. The maximum atomic E-state index is 11.8. The maximum Gasteiger partial charge on any atom is 0.347 e. The van der Waals surface area contributed by atoms with Crippen LogP contribution in [0.1, 0.15) is 30.9 Å². The number of carboxylic acid groups (broad SMARTS) is 1. The van der Waals surface area contributed by atoms with Crippen LogP contribution in [0.5, 0.6) is 0 Å². The van der Waals surface area contributed by atoms with Gasteiger partial charge in [0.1, 0.15) is 20.7 Å². The Morgan fingerprint density at radius 2 is 2.20 bits per heavy atom. The van der Waals surface area contributed by atoms with Gasteiger partial charge in [0.25, 0.3) is 5.91 Å². The fourth-order valence-electron chi connectivity index (χ4n) is 1.50. The van der Waals surface area contributed by atoms with Crippen molar-refractivity contribution in [3.05, 3.63) is 37.5 Å². The van der Waals surface area contributed by atoms with Crippen molar-refractivity contribution in [2.75, 3.05) is 0 Å². The molecule has 0 unspecified atom stereocenters. The lowest BCUT2D eigenvalue weighted by molar-refractivity contribution is 0.0701. The van der Waals surface area contributed by atoms with E-state index in [4.69, 9.17) is 28.3 Å². The number of rotatable bonds is 4. The zero-order valence-electron chi connectivity index (χ0n) is 10.2. The summed E-state index contributed by atoms with van der Waals surface area (Å²) in [5.74, 6) is -1.43. The molecular weight excluding hydrogens is 325 g/mol. The van der Waals surface area contributed by atoms with E-state index in [0.717, 1.165) is 11.3 Å². The van der Waals surface area contributed by atoms with E-state index in [1.165, 1.54) is 6.07 Å². The number of nitrogens with zero attached hydrogens (tertiary/aromatic N) is 1. The molecule has 6 nitrogen and oxygen atoms in total. The standard InChI is InChI=1S/C11H9Cl2N3O3S/c1-4-8(11(18)19)20-7(15-4)3-14-10(17)6-2-5(12)9(13)16-6/h2,16H,3H2,1H3,(H,14,17)(H,18,19). The summed E-state index contributed by atoms with van der Waals surface area (Å²) in [7, 11) is 0. The molecule has 0 saturated carbocycles. The summed E-state index contributed by atoms with van der Waals surface area (Å²) < 4.78 is 0. The topological polar surface area (TPSA) is 95.1 Å². The van der Waals surface area contributed by atoms with Crippen LogP contribution in [-0.2, 0) is 6.54 Å². The first-order chi connectivity index (χ1) is 9.38. The van der Waals surface area contributed by atoms with E-state index in [0.29, 0.717) is 10.7 Å². The van der Waals surface area contributed by atoms with Crippen molar-refractivity contribution in [2.45, 2.75) is 13.5 Å². The number of aromatic carboxylic acids is 1. The SMILES string of the molecule is Cc1nc(CNC(=O)c2cc(Cl)c(Cl)[nH]2)sc1C(=O)O. The van der Waals surface area contributed by atoms with E-state index < -0.39 is 11.9 Å². The van der Waals surface area contributed by atoms with Gasteiger partial charge in [0, 0.05) is 0 Å². The number of nitrogens with one attached hydrogen (secondary N) is 2. The number of amides is 1. The molecule has 0 atom stereocenters. The molecule has 9 heteroatoms. The molecule has 3 N–H and O–H groups in total. The van der Waals surface area contributed by atoms with Crippen LogP contribution in [0.3, 0.4) is 0 Å². The number of H-pyrrole nitrogens is 1. The Morgan fingerprint density at radius 1 is 1.50 bits per heavy atom. The van der Waals surface area contributed by atoms with Crippen LogP contribution >= 0.6 is 34.5 Å². The maximum absolute atomic E-state index is 11.8. The molecule has 0 aliphatic heterocycles. The predicted molar refractivity (Wildman–Crippen MR) is 75.8 cm³/mol. The van der Waals surface area contributed by atoms with Crippen LogP contribution in [0.2, 0.25) is 10.2 Å². The number of aryl methyl sites for hydroxylation is 1. The Kier molecular flexibility index (Phi) is 4.32. The molecule has 0 bridgehead atoms. The molecule has 2 heterocycles. The molecule has 0 aliphatic rings. The Morgan fingerprint density at radius 3 is 2.70 bits per heavy atom. The number of hydrogen-bond donors (Lipinski definition) is 3. The highest BCUT2D eigenvalue weighted by Crippen LogP contribution is 2.22. The molecular formula is C11H9Cl2N3O3S. The minimum absolute atomic E-state index is 0.131. The molecule has 106 valence electrons. The second kappa shape index (κ2) is 5.82. The molecule has 0 fully saturated rings. The van der Waals surface area contributed by atoms with E-state index in [1.807, 2.05) is 0 Å². The van der Waals surface area contributed by atoms with E-state index in [1.54, 1.807) is 6.92 Å². The van der Waals surface area contributed by atoms with Crippen molar-refractivity contribution in [3.63, 3.8) is 0 Å². The number of aromatic nitrogens is 2. The van der Waals surface area contributed by atoms with Gasteiger partial charge in [-0.25, -0.2) is 9.78 Å². The molecule has 1 amide bonds. The molecule has 0 aromatic carbocycles. The van der Waals surface area contributed by atoms with Crippen molar-refractivity contribution in [1.82, 2.24) is 15.3 Å². The highest BCUT2D eigenvalue weighted by molar-refractivity contribution is 7.13. The van der Waals surface area contributed by atoms with Gasteiger partial charge in [-0.15, -0.1) is 11.3 Å². The summed E-state index contributed by atoms with van der Waals surface area (Å²) in [6, 6.07) is 1.41. The largest absolute Gasteiger partial charge is 0.477 e. The third kappa shape index (κ3) is 3.12. The molecule has 0 aliphatic carbocycles. The monoisotopic (exact) mass is 333 g/mol. The number of aromatic amines is 1. The first-order valence-electron chi connectivity index (χ1n) is 5.40. The minimum atomic E-state index is -1.03. The second-order valence-electron chi connectivity index (χ2n) is 3.85. The molecule has 0 radical (unpaired) electrons. The smallest absolute Gasteiger partial charge is 0.347 e. The van der Waals surface area contributed by atoms with E-state index in [9.17, 15) is 9.59 Å². The summed E-state index contributed by atoms with van der Waals surface area (Å²) >= 11 is 12.5. The van der Waals surface area contributed by atoms with Crippen molar-refractivity contribution in [3.8, 4) is 0 Å². The molecule has 2 aromatic heterocycles. The van der Waals surface area contributed by atoms with E-state index in [-0.39, 0.29) is 27.3 Å². The summed E-state index contributed by atoms with van der Waals surface area (Å²) in [5.41, 5.74) is 0.657. The van der Waals surface area contributed by atoms with E-state index >= 15 is 0 Å². The zero-order chi connectivity index (χ0) is 14.9. The van der Waals surface area contributed by atoms with Gasteiger partial charge in [-0.3, -0.25) is 4.79 Å². The fraction of sp³-hybridized carbons (Fsp3) is 0.182. The zero-order valence-corrected chi connectivity index (χ0v) is 12.5. The van der Waals surface area contributed by atoms with Crippen molar-refractivity contribution >= 4 is 46.4 Å². The number of carbonyl (C=O) groups is 2. The third-order valence-electron chi connectivity index (χ3n) is 2.41. The van der Waals surface area contributed by atoms with Gasteiger partial charge in [0.05, 0.1) is 17.3 Å². The Hall–Kier alpha value is -1.57. The average Bonchev–Trinajstić information content (AvgIpc) is 2.91. The van der Waals surface area contributed by atoms with Crippen LogP contribution in [0.15, 0.2) is 6.07 Å². The number of carboxylic acids is 1. The van der Waals surface area contributed by atoms with E-state index in [2.05, 4.69) is 15.3 Å². The predicted octanol–water partition coefficient (Wildman–Crippen LogP) is 2.71. The molecule has 0 saturated heterocycles.